The fourth-order valence-corrected chi connectivity index (χ4v) is 1.85. The number of benzene rings is 1. The van der Waals surface area contributed by atoms with Crippen LogP contribution in [0.5, 0.6) is 0 Å². The number of halogens is 2. The zero-order valence-electron chi connectivity index (χ0n) is 11.0. The molecule has 1 aliphatic carbocycles. The molecule has 2 aromatic rings. The molecule has 1 aromatic carbocycles. The SMILES string of the molecule is Cc1cc(NC2CC2)nc(Nc2ccc(F)cc2F)n1. The Hall–Kier alpha value is -2.24. The molecule has 1 aliphatic rings. The van der Waals surface area contributed by atoms with Crippen molar-refractivity contribution in [2.24, 2.45) is 0 Å². The maximum absolute atomic E-state index is 13.6. The molecule has 1 heterocycles. The van der Waals surface area contributed by atoms with Crippen LogP contribution in [0, 0.1) is 18.6 Å². The Kier molecular flexibility index (Phi) is 3.22. The van der Waals surface area contributed by atoms with Crippen molar-refractivity contribution in [3.63, 3.8) is 0 Å². The summed E-state index contributed by atoms with van der Waals surface area (Å²) in [6.45, 7) is 1.84. The third-order valence-electron chi connectivity index (χ3n) is 2.96. The van der Waals surface area contributed by atoms with Crippen LogP contribution in [0.3, 0.4) is 0 Å². The Balaban J connectivity index is 1.83. The largest absolute Gasteiger partial charge is 0.367 e. The number of hydrogen-bond donors (Lipinski definition) is 2. The van der Waals surface area contributed by atoms with Gasteiger partial charge in [-0.2, -0.15) is 4.98 Å². The monoisotopic (exact) mass is 276 g/mol. The molecule has 0 bridgehead atoms. The van der Waals surface area contributed by atoms with Crippen LogP contribution >= 0.6 is 0 Å². The van der Waals surface area contributed by atoms with Gasteiger partial charge >= 0.3 is 0 Å². The number of rotatable bonds is 4. The average Bonchev–Trinajstić information content (AvgIpc) is 3.16. The van der Waals surface area contributed by atoms with E-state index in [0.29, 0.717) is 17.8 Å². The highest BCUT2D eigenvalue weighted by molar-refractivity contribution is 5.56. The lowest BCUT2D eigenvalue weighted by molar-refractivity contribution is 0.586. The number of hydrogen-bond acceptors (Lipinski definition) is 4. The summed E-state index contributed by atoms with van der Waals surface area (Å²) < 4.78 is 26.4. The molecule has 20 heavy (non-hydrogen) atoms. The van der Waals surface area contributed by atoms with Gasteiger partial charge in [0.1, 0.15) is 17.5 Å². The van der Waals surface area contributed by atoms with Crippen LogP contribution in [0.4, 0.5) is 26.2 Å². The first-order valence-electron chi connectivity index (χ1n) is 6.44. The molecule has 0 unspecified atom stereocenters. The van der Waals surface area contributed by atoms with Gasteiger partial charge in [0.05, 0.1) is 5.69 Å². The molecule has 6 heteroatoms. The van der Waals surface area contributed by atoms with Gasteiger partial charge in [0.2, 0.25) is 5.95 Å². The molecule has 2 N–H and O–H groups in total. The highest BCUT2D eigenvalue weighted by Crippen LogP contribution is 2.25. The molecular formula is C14H14F2N4. The molecule has 1 aromatic heterocycles. The van der Waals surface area contributed by atoms with Crippen molar-refractivity contribution in [3.8, 4) is 0 Å². The Morgan fingerprint density at radius 1 is 1.15 bits per heavy atom. The number of anilines is 3. The zero-order valence-corrected chi connectivity index (χ0v) is 11.0. The third kappa shape index (κ3) is 3.01. The molecule has 104 valence electrons. The fraction of sp³-hybridized carbons (Fsp3) is 0.286. The van der Waals surface area contributed by atoms with Crippen molar-refractivity contribution in [2.75, 3.05) is 10.6 Å². The highest BCUT2D eigenvalue weighted by Gasteiger charge is 2.21. The Labute approximate surface area is 115 Å². The Morgan fingerprint density at radius 2 is 1.95 bits per heavy atom. The summed E-state index contributed by atoms with van der Waals surface area (Å²) >= 11 is 0. The van der Waals surface area contributed by atoms with Gasteiger partial charge in [-0.1, -0.05) is 0 Å². The van der Waals surface area contributed by atoms with E-state index in [1.807, 2.05) is 13.0 Å². The Morgan fingerprint density at radius 3 is 2.65 bits per heavy atom. The van der Waals surface area contributed by atoms with E-state index < -0.39 is 11.6 Å². The second-order valence-electron chi connectivity index (χ2n) is 4.89. The van der Waals surface area contributed by atoms with Crippen molar-refractivity contribution in [2.45, 2.75) is 25.8 Å². The van der Waals surface area contributed by atoms with E-state index in [4.69, 9.17) is 0 Å². The van der Waals surface area contributed by atoms with Crippen LogP contribution in [0.2, 0.25) is 0 Å². The molecule has 3 rings (SSSR count). The average molecular weight is 276 g/mol. The summed E-state index contributed by atoms with van der Waals surface area (Å²) in [5.74, 6) is -0.287. The molecule has 1 fully saturated rings. The van der Waals surface area contributed by atoms with Gasteiger partial charge < -0.3 is 10.6 Å². The molecule has 0 spiro atoms. The van der Waals surface area contributed by atoms with Crippen LogP contribution in [-0.4, -0.2) is 16.0 Å². The van der Waals surface area contributed by atoms with Crippen LogP contribution in [0.25, 0.3) is 0 Å². The topological polar surface area (TPSA) is 49.8 Å². The van der Waals surface area contributed by atoms with E-state index in [1.54, 1.807) is 0 Å². The molecular weight excluding hydrogens is 262 g/mol. The molecule has 4 nitrogen and oxygen atoms in total. The first-order valence-corrected chi connectivity index (χ1v) is 6.44. The minimum absolute atomic E-state index is 0.148. The second kappa shape index (κ2) is 5.03. The number of nitrogens with zero attached hydrogens (tertiary/aromatic N) is 2. The molecule has 0 saturated heterocycles. The fourth-order valence-electron chi connectivity index (χ4n) is 1.85. The van der Waals surface area contributed by atoms with Crippen molar-refractivity contribution in [3.05, 3.63) is 41.6 Å². The third-order valence-corrected chi connectivity index (χ3v) is 2.96. The summed E-state index contributed by atoms with van der Waals surface area (Å²) in [5, 5.41) is 6.03. The second-order valence-corrected chi connectivity index (χ2v) is 4.89. The predicted molar refractivity (Wildman–Crippen MR) is 73.1 cm³/mol. The minimum atomic E-state index is -0.674. The lowest BCUT2D eigenvalue weighted by atomic mass is 10.3. The van der Waals surface area contributed by atoms with Gasteiger partial charge in [-0.25, -0.2) is 13.8 Å². The predicted octanol–water partition coefficient (Wildman–Crippen LogP) is 3.38. The number of aryl methyl sites for hydroxylation is 1. The molecule has 0 radical (unpaired) electrons. The van der Waals surface area contributed by atoms with Crippen molar-refractivity contribution in [1.29, 1.82) is 0 Å². The van der Waals surface area contributed by atoms with E-state index in [2.05, 4.69) is 20.6 Å². The van der Waals surface area contributed by atoms with Crippen LogP contribution in [0.1, 0.15) is 18.5 Å². The van der Waals surface area contributed by atoms with Crippen LogP contribution in [0.15, 0.2) is 24.3 Å². The summed E-state index contributed by atoms with van der Waals surface area (Å²) in [6.07, 6.45) is 2.27. The lowest BCUT2D eigenvalue weighted by Gasteiger charge is -2.10. The Bertz CT molecular complexity index is 641. The van der Waals surface area contributed by atoms with E-state index >= 15 is 0 Å². The van der Waals surface area contributed by atoms with Gasteiger partial charge in [0.25, 0.3) is 0 Å². The van der Waals surface area contributed by atoms with Gasteiger partial charge in [0, 0.05) is 23.9 Å². The highest BCUT2D eigenvalue weighted by atomic mass is 19.1. The summed E-state index contributed by atoms with van der Waals surface area (Å²) in [6, 6.07) is 5.64. The maximum atomic E-state index is 13.6. The quantitative estimate of drug-likeness (QED) is 0.898. The van der Waals surface area contributed by atoms with E-state index in [0.717, 1.165) is 24.6 Å². The summed E-state index contributed by atoms with van der Waals surface area (Å²) in [4.78, 5) is 8.48. The van der Waals surface area contributed by atoms with E-state index in [-0.39, 0.29) is 5.69 Å². The van der Waals surface area contributed by atoms with Crippen LogP contribution in [-0.2, 0) is 0 Å². The molecule has 0 aliphatic heterocycles. The van der Waals surface area contributed by atoms with Crippen molar-refractivity contribution < 1.29 is 8.78 Å². The number of nitrogens with one attached hydrogen (secondary N) is 2. The van der Waals surface area contributed by atoms with Crippen molar-refractivity contribution >= 4 is 17.5 Å². The minimum Gasteiger partial charge on any atom is -0.367 e. The number of aromatic nitrogens is 2. The first kappa shape index (κ1) is 12.8. The maximum Gasteiger partial charge on any atom is 0.229 e. The first-order chi connectivity index (χ1) is 9.60. The molecule has 0 atom stereocenters. The molecule has 1 saturated carbocycles. The van der Waals surface area contributed by atoms with Gasteiger partial charge in [-0.15, -0.1) is 0 Å². The smallest absolute Gasteiger partial charge is 0.229 e. The molecule has 0 amide bonds. The zero-order chi connectivity index (χ0) is 14.1. The van der Waals surface area contributed by atoms with E-state index in [1.165, 1.54) is 12.1 Å². The summed E-state index contributed by atoms with van der Waals surface area (Å²) in [7, 11) is 0. The standard InChI is InChI=1S/C14H14F2N4/c1-8-6-13(18-10-3-4-10)20-14(17-8)19-12-5-2-9(15)7-11(12)16/h2,5-7,10H,3-4H2,1H3,(H2,17,18,19,20). The van der Waals surface area contributed by atoms with Gasteiger partial charge in [-0.05, 0) is 31.9 Å². The van der Waals surface area contributed by atoms with Gasteiger partial charge in [-0.3, -0.25) is 0 Å². The van der Waals surface area contributed by atoms with Crippen LogP contribution < -0.4 is 10.6 Å². The van der Waals surface area contributed by atoms with Gasteiger partial charge in [0.15, 0.2) is 0 Å². The lowest BCUT2D eigenvalue weighted by Crippen LogP contribution is -2.07. The van der Waals surface area contributed by atoms with E-state index in [9.17, 15) is 8.78 Å². The van der Waals surface area contributed by atoms with Crippen molar-refractivity contribution in [1.82, 2.24) is 9.97 Å². The normalized spacial score (nSPS) is 14.2. The summed E-state index contributed by atoms with van der Waals surface area (Å²) in [5.41, 5.74) is 0.919.